The molecule has 0 bridgehead atoms. The number of anilines is 1. The minimum atomic E-state index is -0.113. The molecule has 2 aromatic rings. The summed E-state index contributed by atoms with van der Waals surface area (Å²) in [6.45, 7) is 0. The molecule has 0 spiro atoms. The molecule has 3 nitrogen and oxygen atoms in total. The molecule has 2 heterocycles. The van der Waals surface area contributed by atoms with Gasteiger partial charge >= 0.3 is 0 Å². The van der Waals surface area contributed by atoms with E-state index in [1.165, 1.54) is 11.8 Å². The predicted molar refractivity (Wildman–Crippen MR) is 94.0 cm³/mol. The molecule has 0 saturated carbocycles. The van der Waals surface area contributed by atoms with Crippen LogP contribution in [0.4, 0.5) is 5.69 Å². The van der Waals surface area contributed by atoms with Gasteiger partial charge in [-0.3, -0.25) is 14.7 Å². The van der Waals surface area contributed by atoms with Crippen LogP contribution in [0.5, 0.6) is 0 Å². The van der Waals surface area contributed by atoms with Gasteiger partial charge in [-0.1, -0.05) is 46.0 Å². The standard InChI is InChI=1S/C15H9BrN2OS2/c16-10-4-6-12(7-5-10)18-14(19)13(21-15(18)20)9-11-3-1-2-8-17-11/h1-9H. The Morgan fingerprint density at radius 1 is 1.19 bits per heavy atom. The first-order valence-corrected chi connectivity index (χ1v) is 8.11. The number of halogens is 1. The summed E-state index contributed by atoms with van der Waals surface area (Å²) >= 11 is 9.99. The van der Waals surface area contributed by atoms with E-state index in [0.717, 1.165) is 15.9 Å². The molecule has 1 aromatic heterocycles. The summed E-state index contributed by atoms with van der Waals surface area (Å²) < 4.78 is 1.49. The van der Waals surface area contributed by atoms with Gasteiger partial charge in [0.2, 0.25) is 0 Å². The third-order valence-corrected chi connectivity index (χ3v) is 4.68. The summed E-state index contributed by atoms with van der Waals surface area (Å²) in [4.78, 5) is 18.8. The van der Waals surface area contributed by atoms with Gasteiger partial charge in [-0.15, -0.1) is 0 Å². The summed E-state index contributed by atoms with van der Waals surface area (Å²) in [6, 6.07) is 13.1. The van der Waals surface area contributed by atoms with Gasteiger partial charge in [0.05, 0.1) is 16.3 Å². The highest BCUT2D eigenvalue weighted by Gasteiger charge is 2.33. The number of nitrogens with zero attached hydrogens (tertiary/aromatic N) is 2. The third-order valence-electron chi connectivity index (χ3n) is 2.85. The fraction of sp³-hybridized carbons (Fsp3) is 0. The van der Waals surface area contributed by atoms with Crippen LogP contribution in [0.15, 0.2) is 58.0 Å². The Morgan fingerprint density at radius 3 is 2.62 bits per heavy atom. The topological polar surface area (TPSA) is 33.2 Å². The molecule has 0 aliphatic carbocycles. The molecule has 0 atom stereocenters. The molecule has 0 N–H and O–H groups in total. The molecule has 3 rings (SSSR count). The number of thiocarbonyl (C=S) groups is 1. The smallest absolute Gasteiger partial charge is 0.268 e. The van der Waals surface area contributed by atoms with Gasteiger partial charge in [0.15, 0.2) is 4.32 Å². The second kappa shape index (κ2) is 6.09. The number of rotatable bonds is 2. The predicted octanol–water partition coefficient (Wildman–Crippen LogP) is 4.25. The van der Waals surface area contributed by atoms with Crippen LogP contribution in [-0.2, 0) is 4.79 Å². The lowest BCUT2D eigenvalue weighted by atomic mass is 10.2. The van der Waals surface area contributed by atoms with Crippen molar-refractivity contribution in [2.45, 2.75) is 0 Å². The van der Waals surface area contributed by atoms with Crippen molar-refractivity contribution in [1.82, 2.24) is 4.98 Å². The van der Waals surface area contributed by atoms with Crippen LogP contribution in [-0.4, -0.2) is 15.2 Å². The van der Waals surface area contributed by atoms with Crippen molar-refractivity contribution < 1.29 is 4.79 Å². The number of amides is 1. The minimum Gasteiger partial charge on any atom is -0.268 e. The van der Waals surface area contributed by atoms with Gasteiger partial charge < -0.3 is 0 Å². The van der Waals surface area contributed by atoms with E-state index in [2.05, 4.69) is 20.9 Å². The molecule has 1 aromatic carbocycles. The lowest BCUT2D eigenvalue weighted by Gasteiger charge is -2.14. The fourth-order valence-corrected chi connectivity index (χ4v) is 3.42. The summed E-state index contributed by atoms with van der Waals surface area (Å²) in [5, 5.41) is 0. The Hall–Kier alpha value is -1.50. The molecule has 1 saturated heterocycles. The maximum Gasteiger partial charge on any atom is 0.270 e. The largest absolute Gasteiger partial charge is 0.270 e. The van der Waals surface area contributed by atoms with Crippen LogP contribution < -0.4 is 4.90 Å². The average molecular weight is 377 g/mol. The van der Waals surface area contributed by atoms with E-state index in [0.29, 0.717) is 9.23 Å². The zero-order valence-electron chi connectivity index (χ0n) is 10.7. The van der Waals surface area contributed by atoms with Gasteiger partial charge in [-0.2, -0.15) is 0 Å². The van der Waals surface area contributed by atoms with E-state index in [1.54, 1.807) is 17.2 Å². The van der Waals surface area contributed by atoms with Crippen molar-refractivity contribution in [1.29, 1.82) is 0 Å². The molecule has 0 radical (unpaired) electrons. The molecular formula is C15H9BrN2OS2. The highest BCUT2D eigenvalue weighted by Crippen LogP contribution is 2.36. The molecule has 1 aliphatic heterocycles. The minimum absolute atomic E-state index is 0.113. The average Bonchev–Trinajstić information content (AvgIpc) is 2.76. The van der Waals surface area contributed by atoms with Crippen molar-refractivity contribution in [2.24, 2.45) is 0 Å². The van der Waals surface area contributed by atoms with E-state index >= 15 is 0 Å². The number of pyridine rings is 1. The number of aromatic nitrogens is 1. The molecule has 104 valence electrons. The second-order valence-electron chi connectivity index (χ2n) is 4.25. The fourth-order valence-electron chi connectivity index (χ4n) is 1.88. The van der Waals surface area contributed by atoms with Gasteiger partial charge in [0.25, 0.3) is 5.91 Å². The first-order valence-electron chi connectivity index (χ1n) is 6.10. The van der Waals surface area contributed by atoms with Gasteiger partial charge in [0.1, 0.15) is 0 Å². The van der Waals surface area contributed by atoms with Crippen molar-refractivity contribution in [3.8, 4) is 0 Å². The first-order chi connectivity index (χ1) is 10.1. The van der Waals surface area contributed by atoms with Crippen LogP contribution >= 0.6 is 39.9 Å². The number of hydrogen-bond acceptors (Lipinski definition) is 4. The zero-order valence-corrected chi connectivity index (χ0v) is 13.9. The van der Waals surface area contributed by atoms with Crippen LogP contribution in [0, 0.1) is 0 Å². The van der Waals surface area contributed by atoms with Crippen LogP contribution in [0.3, 0.4) is 0 Å². The van der Waals surface area contributed by atoms with E-state index in [1.807, 2.05) is 42.5 Å². The Balaban J connectivity index is 1.92. The highest BCUT2D eigenvalue weighted by molar-refractivity contribution is 9.10. The number of carbonyl (C=O) groups is 1. The molecular weight excluding hydrogens is 368 g/mol. The summed E-state index contributed by atoms with van der Waals surface area (Å²) in [5.41, 5.74) is 1.51. The van der Waals surface area contributed by atoms with Crippen molar-refractivity contribution >= 4 is 61.9 Å². The van der Waals surface area contributed by atoms with Crippen LogP contribution in [0.25, 0.3) is 6.08 Å². The van der Waals surface area contributed by atoms with Crippen molar-refractivity contribution in [2.75, 3.05) is 4.90 Å². The molecule has 6 heteroatoms. The summed E-state index contributed by atoms with van der Waals surface area (Å²) in [7, 11) is 0. The zero-order chi connectivity index (χ0) is 14.8. The second-order valence-corrected chi connectivity index (χ2v) is 6.84. The molecule has 21 heavy (non-hydrogen) atoms. The van der Waals surface area contributed by atoms with Crippen LogP contribution in [0.1, 0.15) is 5.69 Å². The van der Waals surface area contributed by atoms with Gasteiger partial charge in [-0.05, 0) is 42.5 Å². The van der Waals surface area contributed by atoms with Gasteiger partial charge in [-0.25, -0.2) is 0 Å². The number of benzene rings is 1. The monoisotopic (exact) mass is 376 g/mol. The quantitative estimate of drug-likeness (QED) is 0.579. The maximum atomic E-state index is 12.5. The number of thioether (sulfide) groups is 1. The number of carbonyl (C=O) groups excluding carboxylic acids is 1. The molecule has 1 amide bonds. The van der Waals surface area contributed by atoms with E-state index in [4.69, 9.17) is 12.2 Å². The SMILES string of the molecule is O=C1C(=Cc2ccccn2)SC(=S)N1c1ccc(Br)cc1. The van der Waals surface area contributed by atoms with E-state index in [9.17, 15) is 4.79 Å². The van der Waals surface area contributed by atoms with E-state index < -0.39 is 0 Å². The van der Waals surface area contributed by atoms with Crippen LogP contribution in [0.2, 0.25) is 0 Å². The molecule has 1 aliphatic rings. The Morgan fingerprint density at radius 2 is 1.95 bits per heavy atom. The Labute approximate surface area is 140 Å². The Bertz CT molecular complexity index is 729. The summed E-state index contributed by atoms with van der Waals surface area (Å²) in [5.74, 6) is -0.113. The van der Waals surface area contributed by atoms with Crippen molar-refractivity contribution in [3.05, 3.63) is 63.7 Å². The lowest BCUT2D eigenvalue weighted by molar-refractivity contribution is -0.113. The van der Waals surface area contributed by atoms with Crippen molar-refractivity contribution in [3.63, 3.8) is 0 Å². The third kappa shape index (κ3) is 3.07. The number of hydrogen-bond donors (Lipinski definition) is 0. The lowest BCUT2D eigenvalue weighted by Crippen LogP contribution is -2.27. The summed E-state index contributed by atoms with van der Waals surface area (Å²) in [6.07, 6.45) is 3.46. The van der Waals surface area contributed by atoms with Gasteiger partial charge in [0, 0.05) is 10.7 Å². The first kappa shape index (κ1) is 14.4. The molecule has 1 fully saturated rings. The van der Waals surface area contributed by atoms with E-state index in [-0.39, 0.29) is 5.91 Å². The highest BCUT2D eigenvalue weighted by atomic mass is 79.9. The Kier molecular flexibility index (Phi) is 4.19. The molecule has 0 unspecified atom stereocenters. The normalized spacial score (nSPS) is 16.8. The maximum absolute atomic E-state index is 12.5.